The van der Waals surface area contributed by atoms with E-state index >= 15 is 0 Å². The van der Waals surface area contributed by atoms with Crippen molar-refractivity contribution in [2.75, 3.05) is 19.6 Å². The SMILES string of the molecule is Cc1ccc(CCN2CCC(c3nc4ccccc4[nH]3)CC2)cc1. The maximum absolute atomic E-state index is 4.79. The van der Waals surface area contributed by atoms with Gasteiger partial charge in [-0.15, -0.1) is 0 Å². The third kappa shape index (κ3) is 3.36. The summed E-state index contributed by atoms with van der Waals surface area (Å²) in [5.41, 5.74) is 5.04. The number of benzene rings is 2. The fourth-order valence-corrected chi connectivity index (χ4v) is 3.64. The van der Waals surface area contributed by atoms with Crippen molar-refractivity contribution in [3.05, 3.63) is 65.5 Å². The second kappa shape index (κ2) is 6.78. The molecule has 124 valence electrons. The van der Waals surface area contributed by atoms with Crippen LogP contribution in [0.4, 0.5) is 0 Å². The molecular formula is C21H25N3. The Morgan fingerprint density at radius 3 is 2.54 bits per heavy atom. The number of likely N-dealkylation sites (tertiary alicyclic amines) is 1. The fourth-order valence-electron chi connectivity index (χ4n) is 3.64. The topological polar surface area (TPSA) is 31.9 Å². The summed E-state index contributed by atoms with van der Waals surface area (Å²) in [7, 11) is 0. The van der Waals surface area contributed by atoms with Gasteiger partial charge in [-0.1, -0.05) is 42.0 Å². The maximum atomic E-state index is 4.79. The lowest BCUT2D eigenvalue weighted by atomic mass is 9.96. The molecule has 1 aromatic heterocycles. The van der Waals surface area contributed by atoms with Crippen molar-refractivity contribution in [1.82, 2.24) is 14.9 Å². The van der Waals surface area contributed by atoms with Gasteiger partial charge in [0.15, 0.2) is 0 Å². The molecule has 0 amide bonds. The maximum Gasteiger partial charge on any atom is 0.110 e. The molecule has 4 rings (SSSR count). The van der Waals surface area contributed by atoms with Crippen molar-refractivity contribution in [2.24, 2.45) is 0 Å². The van der Waals surface area contributed by atoms with Crippen molar-refractivity contribution >= 4 is 11.0 Å². The van der Waals surface area contributed by atoms with E-state index in [4.69, 9.17) is 4.98 Å². The van der Waals surface area contributed by atoms with E-state index in [-0.39, 0.29) is 0 Å². The molecular weight excluding hydrogens is 294 g/mol. The van der Waals surface area contributed by atoms with Crippen molar-refractivity contribution in [2.45, 2.75) is 32.1 Å². The zero-order chi connectivity index (χ0) is 16.4. The Morgan fingerprint density at radius 1 is 1.04 bits per heavy atom. The van der Waals surface area contributed by atoms with Crippen LogP contribution in [-0.2, 0) is 6.42 Å². The quantitative estimate of drug-likeness (QED) is 0.778. The Labute approximate surface area is 143 Å². The van der Waals surface area contributed by atoms with Crippen LogP contribution in [0.5, 0.6) is 0 Å². The average Bonchev–Trinajstić information content (AvgIpc) is 3.06. The Balaban J connectivity index is 1.32. The van der Waals surface area contributed by atoms with E-state index in [0.717, 1.165) is 24.0 Å². The second-order valence-corrected chi connectivity index (χ2v) is 6.99. The molecule has 1 saturated heterocycles. The summed E-state index contributed by atoms with van der Waals surface area (Å²) in [5.74, 6) is 1.75. The van der Waals surface area contributed by atoms with Gasteiger partial charge in [0, 0.05) is 12.5 Å². The highest BCUT2D eigenvalue weighted by Gasteiger charge is 2.22. The number of aromatic nitrogens is 2. The molecule has 0 radical (unpaired) electrons. The minimum atomic E-state index is 0.577. The normalized spacial score (nSPS) is 16.7. The minimum absolute atomic E-state index is 0.577. The molecule has 0 unspecified atom stereocenters. The molecule has 1 aliphatic heterocycles. The molecule has 3 aromatic rings. The number of H-pyrrole nitrogens is 1. The van der Waals surface area contributed by atoms with Crippen molar-refractivity contribution < 1.29 is 0 Å². The molecule has 0 spiro atoms. The van der Waals surface area contributed by atoms with Gasteiger partial charge >= 0.3 is 0 Å². The van der Waals surface area contributed by atoms with E-state index < -0.39 is 0 Å². The number of hydrogen-bond donors (Lipinski definition) is 1. The molecule has 0 aliphatic carbocycles. The average molecular weight is 319 g/mol. The number of aromatic amines is 1. The van der Waals surface area contributed by atoms with E-state index in [0.29, 0.717) is 5.92 Å². The number of fused-ring (bicyclic) bond motifs is 1. The number of nitrogens with one attached hydrogen (secondary N) is 1. The summed E-state index contributed by atoms with van der Waals surface area (Å²) >= 11 is 0. The van der Waals surface area contributed by atoms with Crippen LogP contribution in [-0.4, -0.2) is 34.5 Å². The van der Waals surface area contributed by atoms with Gasteiger partial charge < -0.3 is 9.88 Å². The lowest BCUT2D eigenvalue weighted by Gasteiger charge is -2.31. The van der Waals surface area contributed by atoms with Crippen LogP contribution in [0, 0.1) is 6.92 Å². The second-order valence-electron chi connectivity index (χ2n) is 6.99. The summed E-state index contributed by atoms with van der Waals surface area (Å²) in [6.07, 6.45) is 3.55. The van der Waals surface area contributed by atoms with E-state index in [1.165, 1.54) is 42.9 Å². The van der Waals surface area contributed by atoms with Gasteiger partial charge in [0.05, 0.1) is 11.0 Å². The van der Waals surface area contributed by atoms with Crippen LogP contribution in [0.3, 0.4) is 0 Å². The van der Waals surface area contributed by atoms with E-state index in [9.17, 15) is 0 Å². The smallest absolute Gasteiger partial charge is 0.110 e. The van der Waals surface area contributed by atoms with Crippen molar-refractivity contribution in [3.63, 3.8) is 0 Å². The third-order valence-electron chi connectivity index (χ3n) is 5.22. The largest absolute Gasteiger partial charge is 0.342 e. The van der Waals surface area contributed by atoms with Crippen LogP contribution in [0.15, 0.2) is 48.5 Å². The zero-order valence-electron chi connectivity index (χ0n) is 14.3. The molecule has 3 heteroatoms. The van der Waals surface area contributed by atoms with Gasteiger partial charge in [0.25, 0.3) is 0 Å². The number of hydrogen-bond acceptors (Lipinski definition) is 2. The molecule has 3 nitrogen and oxygen atoms in total. The number of imidazole rings is 1. The molecule has 1 N–H and O–H groups in total. The number of para-hydroxylation sites is 2. The van der Waals surface area contributed by atoms with Gasteiger partial charge in [-0.2, -0.15) is 0 Å². The summed E-state index contributed by atoms with van der Waals surface area (Å²) in [6.45, 7) is 5.66. The van der Waals surface area contributed by atoms with Crippen LogP contribution in [0.25, 0.3) is 11.0 Å². The van der Waals surface area contributed by atoms with E-state index in [2.05, 4.69) is 65.3 Å². The standard InChI is InChI=1S/C21H25N3/c1-16-6-8-17(9-7-16)10-13-24-14-11-18(12-15-24)21-22-19-4-2-3-5-20(19)23-21/h2-9,18H,10-15H2,1H3,(H,22,23). The molecule has 0 saturated carbocycles. The highest BCUT2D eigenvalue weighted by Crippen LogP contribution is 2.27. The lowest BCUT2D eigenvalue weighted by molar-refractivity contribution is 0.212. The molecule has 0 bridgehead atoms. The molecule has 2 heterocycles. The van der Waals surface area contributed by atoms with Crippen molar-refractivity contribution in [3.8, 4) is 0 Å². The van der Waals surface area contributed by atoms with Gasteiger partial charge in [0.2, 0.25) is 0 Å². The van der Waals surface area contributed by atoms with Crippen LogP contribution in [0.1, 0.15) is 35.7 Å². The first-order valence-corrected chi connectivity index (χ1v) is 9.00. The minimum Gasteiger partial charge on any atom is -0.342 e. The highest BCUT2D eigenvalue weighted by atomic mass is 15.1. The lowest BCUT2D eigenvalue weighted by Crippen LogP contribution is -2.34. The Hall–Kier alpha value is -2.13. The monoisotopic (exact) mass is 319 g/mol. The van der Waals surface area contributed by atoms with Crippen LogP contribution < -0.4 is 0 Å². The Bertz CT molecular complexity index is 762. The van der Waals surface area contributed by atoms with E-state index in [1.54, 1.807) is 0 Å². The predicted molar refractivity (Wildman–Crippen MR) is 99.4 cm³/mol. The van der Waals surface area contributed by atoms with E-state index in [1.807, 2.05) is 0 Å². The Kier molecular flexibility index (Phi) is 4.35. The highest BCUT2D eigenvalue weighted by molar-refractivity contribution is 5.74. The molecule has 1 aliphatic rings. The molecule has 2 aromatic carbocycles. The summed E-state index contributed by atoms with van der Waals surface area (Å²) in [6, 6.07) is 17.3. The van der Waals surface area contributed by atoms with Crippen LogP contribution in [0.2, 0.25) is 0 Å². The van der Waals surface area contributed by atoms with Gasteiger partial charge in [-0.25, -0.2) is 4.98 Å². The summed E-state index contributed by atoms with van der Waals surface area (Å²) in [5, 5.41) is 0. The predicted octanol–water partition coefficient (Wildman–Crippen LogP) is 4.29. The fraction of sp³-hybridized carbons (Fsp3) is 0.381. The van der Waals surface area contributed by atoms with Gasteiger partial charge in [-0.3, -0.25) is 0 Å². The van der Waals surface area contributed by atoms with Gasteiger partial charge in [0.1, 0.15) is 5.82 Å². The molecule has 1 fully saturated rings. The van der Waals surface area contributed by atoms with Crippen molar-refractivity contribution in [1.29, 1.82) is 0 Å². The summed E-state index contributed by atoms with van der Waals surface area (Å²) < 4.78 is 0. The van der Waals surface area contributed by atoms with Gasteiger partial charge in [-0.05, 0) is 57.0 Å². The number of aryl methyl sites for hydroxylation is 1. The summed E-state index contributed by atoms with van der Waals surface area (Å²) in [4.78, 5) is 10.9. The first kappa shape index (κ1) is 15.4. The number of nitrogens with zero attached hydrogens (tertiary/aromatic N) is 2. The molecule has 24 heavy (non-hydrogen) atoms. The number of rotatable bonds is 4. The first-order valence-electron chi connectivity index (χ1n) is 9.00. The molecule has 0 atom stereocenters. The number of piperidine rings is 1. The first-order chi connectivity index (χ1) is 11.8. The Morgan fingerprint density at radius 2 is 1.79 bits per heavy atom. The van der Waals surface area contributed by atoms with Crippen LogP contribution >= 0.6 is 0 Å². The zero-order valence-corrected chi connectivity index (χ0v) is 14.3. The third-order valence-corrected chi connectivity index (χ3v) is 5.22.